The monoisotopic (exact) mass is 704 g/mol. The SMILES string of the molecule is CS(=O)(=O)O.C[C@]12C=CC(=O)C=C1CC[C@@H]1C2=CC[C@]2(C)C(C(=O)CN3CCN(c4cc(N5CCCC5)nc(N5CCCC5)n4)CC3)=CC[C@@H]12. The lowest BCUT2D eigenvalue weighted by Crippen LogP contribution is -2.49. The Morgan fingerprint density at radius 3 is 2.16 bits per heavy atom. The molecule has 0 radical (unpaired) electrons. The van der Waals surface area contributed by atoms with Crippen molar-refractivity contribution in [3.63, 3.8) is 0 Å². The average molecular weight is 705 g/mol. The van der Waals surface area contributed by atoms with Gasteiger partial charge in [0.15, 0.2) is 11.6 Å². The number of Topliss-reactive ketones (excluding diaryl/α,β-unsaturated/α-hetero) is 1. The van der Waals surface area contributed by atoms with Crippen molar-refractivity contribution >= 4 is 39.3 Å². The number of ketones is 2. The van der Waals surface area contributed by atoms with E-state index < -0.39 is 10.1 Å². The summed E-state index contributed by atoms with van der Waals surface area (Å²) >= 11 is 0. The Labute approximate surface area is 296 Å². The number of carbonyl (C=O) groups excluding carboxylic acids is 2. The van der Waals surface area contributed by atoms with Crippen molar-refractivity contribution in [2.75, 3.05) is 79.9 Å². The summed E-state index contributed by atoms with van der Waals surface area (Å²) in [7, 11) is -3.67. The molecule has 0 aromatic carbocycles. The van der Waals surface area contributed by atoms with Gasteiger partial charge in [0.25, 0.3) is 10.1 Å². The maximum absolute atomic E-state index is 14.0. The number of hydrogen-bond acceptors (Lipinski definition) is 10. The number of rotatable bonds is 6. The maximum atomic E-state index is 14.0. The van der Waals surface area contributed by atoms with Gasteiger partial charge in [0.05, 0.1) is 12.8 Å². The van der Waals surface area contributed by atoms with Crippen LogP contribution in [-0.2, 0) is 19.7 Å². The van der Waals surface area contributed by atoms with Gasteiger partial charge in [-0.3, -0.25) is 19.0 Å². The molecule has 0 unspecified atom stereocenters. The van der Waals surface area contributed by atoms with Gasteiger partial charge in [-0.05, 0) is 87.9 Å². The molecule has 1 aromatic heterocycles. The zero-order valence-corrected chi connectivity index (χ0v) is 30.6. The molecule has 11 nitrogen and oxygen atoms in total. The predicted molar refractivity (Wildman–Crippen MR) is 196 cm³/mol. The average Bonchev–Trinajstić information content (AvgIpc) is 3.86. The molecule has 8 rings (SSSR count). The molecule has 4 aliphatic carbocycles. The van der Waals surface area contributed by atoms with Crippen LogP contribution in [0, 0.1) is 22.7 Å². The molecule has 0 bridgehead atoms. The first-order valence-electron chi connectivity index (χ1n) is 18.5. The summed E-state index contributed by atoms with van der Waals surface area (Å²) in [4.78, 5) is 45.7. The lowest BCUT2D eigenvalue weighted by Gasteiger charge is -2.52. The van der Waals surface area contributed by atoms with Gasteiger partial charge < -0.3 is 14.7 Å². The summed E-state index contributed by atoms with van der Waals surface area (Å²) in [6, 6.07) is 2.20. The fourth-order valence-corrected chi connectivity index (χ4v) is 9.70. The third kappa shape index (κ3) is 6.95. The first-order valence-corrected chi connectivity index (χ1v) is 20.3. The van der Waals surface area contributed by atoms with E-state index >= 15 is 0 Å². The fraction of sp³-hybridized carbons (Fsp3) is 0.632. The van der Waals surface area contributed by atoms with Crippen LogP contribution in [0.5, 0.6) is 0 Å². The smallest absolute Gasteiger partial charge is 0.261 e. The second-order valence-corrected chi connectivity index (χ2v) is 17.2. The molecule has 50 heavy (non-hydrogen) atoms. The Balaban J connectivity index is 0.000000734. The number of hydrogen-bond donors (Lipinski definition) is 1. The van der Waals surface area contributed by atoms with E-state index in [4.69, 9.17) is 14.5 Å². The molecule has 3 aliphatic heterocycles. The van der Waals surface area contributed by atoms with Gasteiger partial charge in [-0.25, -0.2) is 0 Å². The van der Waals surface area contributed by atoms with Gasteiger partial charge in [-0.1, -0.05) is 36.3 Å². The van der Waals surface area contributed by atoms with Gasteiger partial charge in [0.2, 0.25) is 5.95 Å². The van der Waals surface area contributed by atoms with Crippen LogP contribution in [0.25, 0.3) is 0 Å². The molecule has 3 saturated heterocycles. The molecule has 1 aromatic rings. The van der Waals surface area contributed by atoms with E-state index in [0.717, 1.165) is 101 Å². The molecule has 0 amide bonds. The highest BCUT2D eigenvalue weighted by Gasteiger charge is 2.54. The zero-order chi connectivity index (χ0) is 35.3. The molecular formula is C38H52N6O5S. The lowest BCUT2D eigenvalue weighted by molar-refractivity contribution is -0.118. The van der Waals surface area contributed by atoms with Gasteiger partial charge >= 0.3 is 0 Å². The molecule has 0 spiro atoms. The zero-order valence-electron chi connectivity index (χ0n) is 29.8. The van der Waals surface area contributed by atoms with Crippen LogP contribution in [0.3, 0.4) is 0 Å². The van der Waals surface area contributed by atoms with Crippen LogP contribution < -0.4 is 14.7 Å². The summed E-state index contributed by atoms with van der Waals surface area (Å²) in [5.74, 6) is 4.36. The molecule has 270 valence electrons. The number of piperazine rings is 1. The highest BCUT2D eigenvalue weighted by Crippen LogP contribution is 2.62. The number of aromatic nitrogens is 2. The Morgan fingerprint density at radius 2 is 1.52 bits per heavy atom. The highest BCUT2D eigenvalue weighted by molar-refractivity contribution is 7.85. The van der Waals surface area contributed by atoms with Crippen molar-refractivity contribution in [2.24, 2.45) is 22.7 Å². The summed E-state index contributed by atoms with van der Waals surface area (Å²) in [6.07, 6.45) is 20.0. The van der Waals surface area contributed by atoms with E-state index in [-0.39, 0.29) is 16.6 Å². The first kappa shape index (κ1) is 35.1. The van der Waals surface area contributed by atoms with Crippen molar-refractivity contribution < 1.29 is 22.6 Å². The van der Waals surface area contributed by atoms with Crippen LogP contribution in [0.15, 0.2) is 53.2 Å². The molecule has 12 heteroatoms. The van der Waals surface area contributed by atoms with Crippen LogP contribution in [-0.4, -0.2) is 105 Å². The summed E-state index contributed by atoms with van der Waals surface area (Å²) in [5, 5.41) is 0. The Hall–Kier alpha value is -3.35. The van der Waals surface area contributed by atoms with Gasteiger partial charge in [-0.15, -0.1) is 0 Å². The molecule has 4 fully saturated rings. The van der Waals surface area contributed by atoms with Crippen LogP contribution in [0.2, 0.25) is 0 Å². The third-order valence-electron chi connectivity index (χ3n) is 12.4. The number of fused-ring (bicyclic) bond motifs is 5. The minimum Gasteiger partial charge on any atom is -0.356 e. The van der Waals surface area contributed by atoms with Gasteiger partial charge in [0.1, 0.15) is 11.6 Å². The van der Waals surface area contributed by atoms with E-state index in [1.54, 1.807) is 6.08 Å². The molecule has 7 aliphatic rings. The largest absolute Gasteiger partial charge is 0.356 e. The molecule has 4 heterocycles. The van der Waals surface area contributed by atoms with Crippen LogP contribution >= 0.6 is 0 Å². The van der Waals surface area contributed by atoms with Gasteiger partial charge in [-0.2, -0.15) is 18.4 Å². The number of anilines is 3. The summed E-state index contributed by atoms with van der Waals surface area (Å²) in [5.41, 5.74) is 3.57. The molecular weight excluding hydrogens is 653 g/mol. The number of nitrogens with zero attached hydrogens (tertiary/aromatic N) is 6. The van der Waals surface area contributed by atoms with E-state index in [0.29, 0.717) is 30.4 Å². The number of carbonyl (C=O) groups is 2. The third-order valence-corrected chi connectivity index (χ3v) is 12.4. The molecule has 1 N–H and O–H groups in total. The maximum Gasteiger partial charge on any atom is 0.261 e. The van der Waals surface area contributed by atoms with E-state index in [9.17, 15) is 18.0 Å². The molecule has 1 saturated carbocycles. The second-order valence-electron chi connectivity index (χ2n) is 15.7. The second kappa shape index (κ2) is 13.7. The van der Waals surface area contributed by atoms with Crippen molar-refractivity contribution in [1.29, 1.82) is 0 Å². The van der Waals surface area contributed by atoms with Gasteiger partial charge in [0, 0.05) is 69.3 Å². The van der Waals surface area contributed by atoms with Crippen LogP contribution in [0.4, 0.5) is 17.6 Å². The Kier molecular flexibility index (Phi) is 9.57. The Morgan fingerprint density at radius 1 is 0.920 bits per heavy atom. The minimum atomic E-state index is -3.67. The topological polar surface area (TPSA) is 127 Å². The van der Waals surface area contributed by atoms with Crippen molar-refractivity contribution in [2.45, 2.75) is 65.2 Å². The van der Waals surface area contributed by atoms with Crippen molar-refractivity contribution in [3.05, 3.63) is 53.2 Å². The lowest BCUT2D eigenvalue weighted by atomic mass is 9.52. The standard InChI is InChI=1S/C37H48N6O2.CH4O3S/c1-36-13-11-27(44)23-26(36)7-8-28-29-9-10-31(37(29,2)14-12-30(28)36)32(45)25-40-19-21-42(22-20-40)34-24-33(41-15-3-4-16-41)38-35(39-34)43-17-5-6-18-43;1-5(2,3)4/h10-13,23-24,28-29H,3-9,14-22,25H2,1-2H3;1H3,(H,2,3,4)/t28-,29-,36-,37-;/m0./s1. The van der Waals surface area contributed by atoms with Crippen molar-refractivity contribution in [1.82, 2.24) is 14.9 Å². The minimum absolute atomic E-state index is 0.0994. The van der Waals surface area contributed by atoms with Crippen molar-refractivity contribution in [3.8, 4) is 0 Å². The predicted octanol–water partition coefficient (Wildman–Crippen LogP) is 4.64. The quantitative estimate of drug-likeness (QED) is 0.329. The van der Waals surface area contributed by atoms with E-state index in [1.807, 2.05) is 6.08 Å². The van der Waals surface area contributed by atoms with E-state index in [2.05, 4.69) is 57.7 Å². The first-order chi connectivity index (χ1) is 23.8. The van der Waals surface area contributed by atoms with Crippen LogP contribution in [0.1, 0.15) is 65.2 Å². The normalized spacial score (nSPS) is 30.9. The Bertz CT molecular complexity index is 1710. The highest BCUT2D eigenvalue weighted by atomic mass is 32.2. The molecule has 4 atom stereocenters. The van der Waals surface area contributed by atoms with E-state index in [1.165, 1.54) is 36.8 Å². The fourth-order valence-electron chi connectivity index (χ4n) is 9.70. The summed E-state index contributed by atoms with van der Waals surface area (Å²) < 4.78 is 25.9. The number of allylic oxidation sites excluding steroid dienone is 7. The summed E-state index contributed by atoms with van der Waals surface area (Å²) in [6.45, 7) is 12.9.